The van der Waals surface area contributed by atoms with Crippen molar-refractivity contribution in [3.63, 3.8) is 0 Å². The minimum Gasteiger partial charge on any atom is -0.381 e. The Labute approximate surface area is 90.2 Å². The number of rotatable bonds is 7. The van der Waals surface area contributed by atoms with Crippen LogP contribution < -0.4 is 0 Å². The average molecular weight is 210 g/mol. The van der Waals surface area contributed by atoms with Crippen molar-refractivity contribution in [3.8, 4) is 0 Å². The number of nitrogens with zero attached hydrogens (tertiary/aromatic N) is 2. The topological polar surface area (TPSA) is 44.1 Å². The molecule has 0 atom stereocenters. The molecule has 0 saturated heterocycles. The number of carbonyl (C=O) groups excluding carboxylic acids is 1. The third kappa shape index (κ3) is 3.47. The van der Waals surface area contributed by atoms with Gasteiger partial charge in [-0.15, -0.1) is 0 Å². The lowest BCUT2D eigenvalue weighted by atomic mass is 10.2. The molecule has 4 heteroatoms. The first kappa shape index (κ1) is 11.9. The van der Waals surface area contributed by atoms with Crippen LogP contribution in [0, 0.1) is 0 Å². The Kier molecular flexibility index (Phi) is 5.04. The lowest BCUT2D eigenvalue weighted by Gasteiger charge is -2.04. The number of ether oxygens (including phenoxy) is 1. The molecule has 0 bridgehead atoms. The first-order valence-electron chi connectivity index (χ1n) is 5.42. The number of ketones is 1. The summed E-state index contributed by atoms with van der Waals surface area (Å²) in [5.41, 5.74) is 0.678. The van der Waals surface area contributed by atoms with Crippen LogP contribution in [0.1, 0.15) is 37.2 Å². The molecule has 84 valence electrons. The van der Waals surface area contributed by atoms with E-state index in [-0.39, 0.29) is 5.78 Å². The van der Waals surface area contributed by atoms with Gasteiger partial charge in [-0.2, -0.15) is 5.10 Å². The first-order valence-corrected chi connectivity index (χ1v) is 5.42. The maximum Gasteiger partial charge on any atom is 0.183 e. The number of hydrogen-bond acceptors (Lipinski definition) is 3. The monoisotopic (exact) mass is 210 g/mol. The second-order valence-corrected chi connectivity index (χ2v) is 3.32. The third-order valence-corrected chi connectivity index (χ3v) is 2.12. The Bertz CT molecular complexity index is 307. The van der Waals surface area contributed by atoms with Crippen LogP contribution in [0.3, 0.4) is 0 Å². The minimum atomic E-state index is 0.102. The van der Waals surface area contributed by atoms with Crippen LogP contribution in [0.15, 0.2) is 12.3 Å². The summed E-state index contributed by atoms with van der Waals surface area (Å²) in [6.45, 7) is 5.97. The van der Waals surface area contributed by atoms with E-state index < -0.39 is 0 Å². The van der Waals surface area contributed by atoms with E-state index in [0.717, 1.165) is 19.6 Å². The lowest BCUT2D eigenvalue weighted by molar-refractivity contribution is 0.0869. The van der Waals surface area contributed by atoms with Crippen LogP contribution in [0.5, 0.6) is 0 Å². The summed E-state index contributed by atoms with van der Waals surface area (Å²) in [6, 6.07) is 1.76. The predicted molar refractivity (Wildman–Crippen MR) is 58.0 cm³/mol. The van der Waals surface area contributed by atoms with Crippen LogP contribution in [0.25, 0.3) is 0 Å². The van der Waals surface area contributed by atoms with Gasteiger partial charge in [-0.25, -0.2) is 0 Å². The smallest absolute Gasteiger partial charge is 0.183 e. The van der Waals surface area contributed by atoms with Crippen LogP contribution in [0.4, 0.5) is 0 Å². The largest absolute Gasteiger partial charge is 0.381 e. The molecule has 1 heterocycles. The van der Waals surface area contributed by atoms with Gasteiger partial charge in [0.05, 0.1) is 6.61 Å². The summed E-state index contributed by atoms with van der Waals surface area (Å²) in [4.78, 5) is 11.7. The van der Waals surface area contributed by atoms with Crippen LogP contribution in [-0.4, -0.2) is 28.8 Å². The van der Waals surface area contributed by atoms with Crippen molar-refractivity contribution in [2.45, 2.75) is 33.2 Å². The number of hydrogen-bond donors (Lipinski definition) is 0. The van der Waals surface area contributed by atoms with E-state index >= 15 is 0 Å². The van der Waals surface area contributed by atoms with Gasteiger partial charge < -0.3 is 4.74 Å². The quantitative estimate of drug-likeness (QED) is 0.510. The highest BCUT2D eigenvalue weighted by molar-refractivity contribution is 5.94. The zero-order chi connectivity index (χ0) is 11.1. The van der Waals surface area contributed by atoms with Gasteiger partial charge in [0, 0.05) is 25.8 Å². The highest BCUT2D eigenvalue weighted by Gasteiger charge is 2.10. The summed E-state index contributed by atoms with van der Waals surface area (Å²) in [6.07, 6.45) is 3.08. The number of Topliss-reactive ketones (excluding diaryl/α,β-unsaturated/α-hetero) is 1. The molecule has 0 aromatic carbocycles. The molecule has 1 aromatic heterocycles. The molecule has 1 aromatic rings. The van der Waals surface area contributed by atoms with E-state index in [4.69, 9.17) is 4.74 Å². The molecule has 0 spiro atoms. The fourth-order valence-corrected chi connectivity index (χ4v) is 1.36. The number of carbonyl (C=O) groups is 1. The lowest BCUT2D eigenvalue weighted by Crippen LogP contribution is -2.11. The predicted octanol–water partition coefficient (Wildman–Crippen LogP) is 1.90. The number of aromatic nitrogens is 2. The normalized spacial score (nSPS) is 10.5. The Morgan fingerprint density at radius 1 is 1.47 bits per heavy atom. The highest BCUT2D eigenvalue weighted by atomic mass is 16.5. The standard InChI is InChI=1S/C11H18N2O2/c1-3-8-15-9-6-11(14)10-5-7-12-13(10)4-2/h5,7H,3-4,6,8-9H2,1-2H3. The van der Waals surface area contributed by atoms with Crippen molar-refractivity contribution in [2.75, 3.05) is 13.2 Å². The SMILES string of the molecule is CCCOCCC(=O)c1ccnn1CC. The van der Waals surface area contributed by atoms with Crippen molar-refractivity contribution in [2.24, 2.45) is 0 Å². The molecule has 0 aliphatic rings. The summed E-state index contributed by atoms with van der Waals surface area (Å²) in [7, 11) is 0. The van der Waals surface area contributed by atoms with Gasteiger partial charge in [0.1, 0.15) is 5.69 Å². The van der Waals surface area contributed by atoms with Crippen molar-refractivity contribution >= 4 is 5.78 Å². The molecule has 0 amide bonds. The van der Waals surface area contributed by atoms with Crippen LogP contribution in [-0.2, 0) is 11.3 Å². The molecule has 0 unspecified atom stereocenters. The highest BCUT2D eigenvalue weighted by Crippen LogP contribution is 2.03. The Balaban J connectivity index is 2.40. The molecule has 0 N–H and O–H groups in total. The van der Waals surface area contributed by atoms with E-state index in [1.807, 2.05) is 13.8 Å². The van der Waals surface area contributed by atoms with Gasteiger partial charge in [-0.05, 0) is 19.4 Å². The van der Waals surface area contributed by atoms with Gasteiger partial charge in [-0.3, -0.25) is 9.48 Å². The maximum atomic E-state index is 11.7. The van der Waals surface area contributed by atoms with Crippen LogP contribution in [0.2, 0.25) is 0 Å². The van der Waals surface area contributed by atoms with Gasteiger partial charge in [0.15, 0.2) is 5.78 Å². The van der Waals surface area contributed by atoms with E-state index in [2.05, 4.69) is 5.10 Å². The minimum absolute atomic E-state index is 0.102. The molecule has 0 saturated carbocycles. The van der Waals surface area contributed by atoms with E-state index in [9.17, 15) is 4.79 Å². The molecule has 1 rings (SSSR count). The number of aryl methyl sites for hydroxylation is 1. The van der Waals surface area contributed by atoms with E-state index in [0.29, 0.717) is 18.7 Å². The zero-order valence-electron chi connectivity index (χ0n) is 9.40. The maximum absolute atomic E-state index is 11.7. The third-order valence-electron chi connectivity index (χ3n) is 2.12. The summed E-state index contributed by atoms with van der Waals surface area (Å²) >= 11 is 0. The first-order chi connectivity index (χ1) is 7.29. The second kappa shape index (κ2) is 6.35. The van der Waals surface area contributed by atoms with Crippen molar-refractivity contribution in [1.29, 1.82) is 0 Å². The summed E-state index contributed by atoms with van der Waals surface area (Å²) < 4.78 is 6.98. The molecule has 0 aliphatic carbocycles. The van der Waals surface area contributed by atoms with Crippen molar-refractivity contribution < 1.29 is 9.53 Å². The van der Waals surface area contributed by atoms with E-state index in [1.54, 1.807) is 16.9 Å². The van der Waals surface area contributed by atoms with Gasteiger partial charge in [0.25, 0.3) is 0 Å². The van der Waals surface area contributed by atoms with Gasteiger partial charge >= 0.3 is 0 Å². The molecule has 15 heavy (non-hydrogen) atoms. The van der Waals surface area contributed by atoms with Crippen molar-refractivity contribution in [1.82, 2.24) is 9.78 Å². The summed E-state index contributed by atoms with van der Waals surface area (Å²) in [5, 5.41) is 4.06. The molecule has 0 aliphatic heterocycles. The molecule has 4 nitrogen and oxygen atoms in total. The average Bonchev–Trinajstić information content (AvgIpc) is 2.72. The fourth-order valence-electron chi connectivity index (χ4n) is 1.36. The second-order valence-electron chi connectivity index (χ2n) is 3.32. The molecule has 0 fully saturated rings. The Hall–Kier alpha value is -1.16. The Morgan fingerprint density at radius 2 is 2.27 bits per heavy atom. The molecular weight excluding hydrogens is 192 g/mol. The van der Waals surface area contributed by atoms with Gasteiger partial charge in [0.2, 0.25) is 0 Å². The zero-order valence-corrected chi connectivity index (χ0v) is 9.40. The molecular formula is C11H18N2O2. The fraction of sp³-hybridized carbons (Fsp3) is 0.636. The van der Waals surface area contributed by atoms with Gasteiger partial charge in [-0.1, -0.05) is 6.92 Å². The summed E-state index contributed by atoms with van der Waals surface area (Å²) in [5.74, 6) is 0.102. The van der Waals surface area contributed by atoms with E-state index in [1.165, 1.54) is 0 Å². The Morgan fingerprint density at radius 3 is 2.93 bits per heavy atom. The van der Waals surface area contributed by atoms with Crippen molar-refractivity contribution in [3.05, 3.63) is 18.0 Å². The molecule has 0 radical (unpaired) electrons. The van der Waals surface area contributed by atoms with Crippen LogP contribution >= 0.6 is 0 Å².